The summed E-state index contributed by atoms with van der Waals surface area (Å²) in [5, 5.41) is 0. The molecule has 0 saturated carbocycles. The first kappa shape index (κ1) is 17.5. The lowest BCUT2D eigenvalue weighted by Crippen LogP contribution is -2.43. The molecule has 0 unspecified atom stereocenters. The van der Waals surface area contributed by atoms with Crippen molar-refractivity contribution >= 4 is 17.3 Å². The van der Waals surface area contributed by atoms with Gasteiger partial charge in [0.2, 0.25) is 0 Å². The number of benzene rings is 2. The quantitative estimate of drug-likeness (QED) is 0.641. The van der Waals surface area contributed by atoms with Crippen LogP contribution in [0.15, 0.2) is 63.1 Å². The van der Waals surface area contributed by atoms with Gasteiger partial charge < -0.3 is 0 Å². The van der Waals surface area contributed by atoms with Crippen molar-refractivity contribution in [1.29, 1.82) is 0 Å². The van der Waals surface area contributed by atoms with Crippen molar-refractivity contribution in [1.82, 2.24) is 9.13 Å². The van der Waals surface area contributed by atoms with Gasteiger partial charge in [-0.2, -0.15) is 0 Å². The van der Waals surface area contributed by atoms with E-state index in [0.29, 0.717) is 16.8 Å². The SMILES string of the molecule is Cn1c2c(c(=O)n(C)c1=O)[C@@H](c1ccccc1F)[C@@H]1C(=O)c3ccccc3C1=N2. The third-order valence-electron chi connectivity index (χ3n) is 5.82. The lowest BCUT2D eigenvalue weighted by molar-refractivity contribution is 0.0952. The summed E-state index contributed by atoms with van der Waals surface area (Å²) >= 11 is 0. The highest BCUT2D eigenvalue weighted by molar-refractivity contribution is 6.30. The molecule has 29 heavy (non-hydrogen) atoms. The molecule has 0 fully saturated rings. The van der Waals surface area contributed by atoms with Crippen molar-refractivity contribution in [3.8, 4) is 0 Å². The van der Waals surface area contributed by atoms with Gasteiger partial charge in [-0.1, -0.05) is 42.5 Å². The largest absolute Gasteiger partial charge is 0.332 e. The molecule has 2 aromatic carbocycles. The third-order valence-corrected chi connectivity index (χ3v) is 5.82. The lowest BCUT2D eigenvalue weighted by atomic mass is 9.76. The predicted octanol–water partition coefficient (Wildman–Crippen LogP) is 2.30. The molecule has 2 aliphatic rings. The van der Waals surface area contributed by atoms with E-state index in [1.54, 1.807) is 42.5 Å². The van der Waals surface area contributed by atoms with E-state index in [2.05, 4.69) is 4.99 Å². The van der Waals surface area contributed by atoms with Gasteiger partial charge in [-0.15, -0.1) is 0 Å². The molecule has 2 atom stereocenters. The minimum absolute atomic E-state index is 0.162. The molecule has 5 rings (SSSR count). The number of rotatable bonds is 1. The number of carbonyl (C=O) groups excluding carboxylic acids is 1. The minimum atomic E-state index is -0.871. The zero-order valence-corrected chi connectivity index (χ0v) is 15.7. The Bertz CT molecular complexity index is 1370. The monoisotopic (exact) mass is 389 g/mol. The number of hydrogen-bond acceptors (Lipinski definition) is 4. The van der Waals surface area contributed by atoms with Crippen LogP contribution in [0.2, 0.25) is 0 Å². The molecular formula is C22H16FN3O3. The molecule has 0 spiro atoms. The van der Waals surface area contributed by atoms with E-state index in [9.17, 15) is 18.8 Å². The normalized spacial score (nSPS) is 19.4. The van der Waals surface area contributed by atoms with Gasteiger partial charge in [-0.05, 0) is 11.6 Å². The molecule has 144 valence electrons. The second kappa shape index (κ2) is 5.94. The van der Waals surface area contributed by atoms with E-state index in [4.69, 9.17) is 0 Å². The van der Waals surface area contributed by atoms with Crippen LogP contribution in [-0.4, -0.2) is 20.6 Å². The number of halogens is 1. The molecule has 1 aliphatic heterocycles. The molecule has 0 amide bonds. The summed E-state index contributed by atoms with van der Waals surface area (Å²) < 4.78 is 17.1. The van der Waals surface area contributed by atoms with Gasteiger partial charge in [0.1, 0.15) is 11.6 Å². The summed E-state index contributed by atoms with van der Waals surface area (Å²) in [5.41, 5.74) is 0.923. The van der Waals surface area contributed by atoms with Crippen LogP contribution < -0.4 is 11.2 Å². The van der Waals surface area contributed by atoms with Crippen LogP contribution in [0, 0.1) is 11.7 Å². The first-order chi connectivity index (χ1) is 13.9. The number of aliphatic imine (C=N–C) groups is 1. The van der Waals surface area contributed by atoms with Gasteiger partial charge in [-0.25, -0.2) is 14.2 Å². The van der Waals surface area contributed by atoms with Gasteiger partial charge in [0.15, 0.2) is 5.78 Å². The Labute approximate surface area is 164 Å². The molecule has 0 bridgehead atoms. The molecule has 1 aromatic heterocycles. The number of ketones is 1. The van der Waals surface area contributed by atoms with E-state index < -0.39 is 28.9 Å². The maximum Gasteiger partial charge on any atom is 0.332 e. The molecule has 3 aromatic rings. The average molecular weight is 389 g/mol. The summed E-state index contributed by atoms with van der Waals surface area (Å²) in [6.07, 6.45) is 0. The maximum absolute atomic E-state index is 14.9. The van der Waals surface area contributed by atoms with Crippen LogP contribution in [0.25, 0.3) is 0 Å². The van der Waals surface area contributed by atoms with E-state index >= 15 is 0 Å². The average Bonchev–Trinajstić information content (AvgIpc) is 3.02. The second-order valence-corrected chi connectivity index (χ2v) is 7.33. The predicted molar refractivity (Wildman–Crippen MR) is 106 cm³/mol. The van der Waals surface area contributed by atoms with Gasteiger partial charge in [0.05, 0.1) is 17.2 Å². The van der Waals surface area contributed by atoms with Crippen molar-refractivity contribution in [2.24, 2.45) is 25.0 Å². The molecule has 0 N–H and O–H groups in total. The van der Waals surface area contributed by atoms with Crippen molar-refractivity contribution in [2.45, 2.75) is 5.92 Å². The highest BCUT2D eigenvalue weighted by atomic mass is 19.1. The maximum atomic E-state index is 14.9. The smallest absolute Gasteiger partial charge is 0.293 e. The van der Waals surface area contributed by atoms with Crippen LogP contribution in [0.3, 0.4) is 0 Å². The third kappa shape index (κ3) is 2.21. The zero-order chi connectivity index (χ0) is 20.4. The minimum Gasteiger partial charge on any atom is -0.293 e. The first-order valence-electron chi connectivity index (χ1n) is 9.18. The van der Waals surface area contributed by atoms with Crippen molar-refractivity contribution in [2.75, 3.05) is 0 Å². The van der Waals surface area contributed by atoms with E-state index in [1.807, 2.05) is 0 Å². The standard InChI is InChI=1S/C22H16FN3O3/c1-25-20-17(21(28)26(2)22(25)29)15(13-9-5-6-10-14(13)23)16-18(24-20)11-7-3-4-8-12(11)19(16)27/h3-10,15-16H,1-2H3/t15-,16-/m0/s1. The number of hydrogen-bond donors (Lipinski definition) is 0. The number of fused-ring (bicyclic) bond motifs is 4. The fourth-order valence-electron chi connectivity index (χ4n) is 4.43. The zero-order valence-electron chi connectivity index (χ0n) is 15.7. The van der Waals surface area contributed by atoms with E-state index in [1.165, 1.54) is 24.7 Å². The van der Waals surface area contributed by atoms with Crippen molar-refractivity contribution in [3.63, 3.8) is 0 Å². The molecule has 0 radical (unpaired) electrons. The first-order valence-corrected chi connectivity index (χ1v) is 9.18. The lowest BCUT2D eigenvalue weighted by Gasteiger charge is -2.30. The Balaban J connectivity index is 1.94. The molecule has 1 aliphatic carbocycles. The van der Waals surface area contributed by atoms with Gasteiger partial charge in [0, 0.05) is 31.1 Å². The molecule has 2 heterocycles. The summed E-state index contributed by atoms with van der Waals surface area (Å²) in [6.45, 7) is 0. The van der Waals surface area contributed by atoms with Crippen LogP contribution >= 0.6 is 0 Å². The Morgan fingerprint density at radius 2 is 1.52 bits per heavy atom. The highest BCUT2D eigenvalue weighted by Crippen LogP contribution is 2.46. The Morgan fingerprint density at radius 1 is 0.862 bits per heavy atom. The van der Waals surface area contributed by atoms with Crippen molar-refractivity contribution in [3.05, 3.63) is 97.4 Å². The number of aromatic nitrogens is 2. The number of Topliss-reactive ketones (excluding diaryl/α,β-unsaturated/α-hetero) is 1. The van der Waals surface area contributed by atoms with Crippen LogP contribution in [-0.2, 0) is 14.1 Å². The van der Waals surface area contributed by atoms with E-state index in [0.717, 1.165) is 4.57 Å². The van der Waals surface area contributed by atoms with Gasteiger partial charge >= 0.3 is 5.69 Å². The Kier molecular flexibility index (Phi) is 3.58. The molecule has 6 nitrogen and oxygen atoms in total. The van der Waals surface area contributed by atoms with Gasteiger partial charge in [0.25, 0.3) is 5.56 Å². The Hall–Kier alpha value is -3.61. The fourth-order valence-corrected chi connectivity index (χ4v) is 4.43. The highest BCUT2D eigenvalue weighted by Gasteiger charge is 2.48. The fraction of sp³-hybridized carbons (Fsp3) is 0.182. The summed E-state index contributed by atoms with van der Waals surface area (Å²) in [7, 11) is 2.89. The Morgan fingerprint density at radius 3 is 2.24 bits per heavy atom. The number of carbonyl (C=O) groups is 1. The van der Waals surface area contributed by atoms with Crippen LogP contribution in [0.5, 0.6) is 0 Å². The molecule has 0 saturated heterocycles. The molecular weight excluding hydrogens is 373 g/mol. The second-order valence-electron chi connectivity index (χ2n) is 7.33. The van der Waals surface area contributed by atoms with Crippen molar-refractivity contribution < 1.29 is 9.18 Å². The van der Waals surface area contributed by atoms with Gasteiger partial charge in [-0.3, -0.25) is 18.7 Å². The summed E-state index contributed by atoms with van der Waals surface area (Å²) in [6, 6.07) is 13.2. The molecule has 7 heteroatoms. The number of nitrogens with zero attached hydrogens (tertiary/aromatic N) is 3. The van der Waals surface area contributed by atoms with Crippen LogP contribution in [0.1, 0.15) is 33.0 Å². The topological polar surface area (TPSA) is 73.4 Å². The van der Waals surface area contributed by atoms with E-state index in [-0.39, 0.29) is 22.7 Å². The summed E-state index contributed by atoms with van der Waals surface area (Å²) in [5.74, 6) is -2.23. The summed E-state index contributed by atoms with van der Waals surface area (Å²) in [4.78, 5) is 43.5. The van der Waals surface area contributed by atoms with Crippen LogP contribution in [0.4, 0.5) is 10.2 Å².